The summed E-state index contributed by atoms with van der Waals surface area (Å²) in [6, 6.07) is 5.30. The molecule has 0 aliphatic rings. The Bertz CT molecular complexity index is 340. The van der Waals surface area contributed by atoms with Gasteiger partial charge in [-0.25, -0.2) is 0 Å². The van der Waals surface area contributed by atoms with Gasteiger partial charge < -0.3 is 10.2 Å². The number of benzene rings is 1. The second kappa shape index (κ2) is 5.06. The third-order valence-electron chi connectivity index (χ3n) is 1.97. The second-order valence-corrected chi connectivity index (χ2v) is 3.32. The van der Waals surface area contributed by atoms with E-state index in [4.69, 9.17) is 11.6 Å². The van der Waals surface area contributed by atoms with Gasteiger partial charge in [-0.2, -0.15) is 0 Å². The van der Waals surface area contributed by atoms with Gasteiger partial charge in [0, 0.05) is 12.1 Å². The van der Waals surface area contributed by atoms with Crippen LogP contribution in [0.3, 0.4) is 0 Å². The first-order valence-corrected chi connectivity index (χ1v) is 4.76. The molecule has 2 atom stereocenters. The molecular weight excluding hydrogens is 222 g/mol. The predicted octanol–water partition coefficient (Wildman–Crippen LogP) is 1.23. The smallest absolute Gasteiger partial charge is 0.269 e. The number of nitro benzene ring substituents is 1. The molecule has 1 aromatic rings. The van der Waals surface area contributed by atoms with E-state index in [-0.39, 0.29) is 11.6 Å². The molecule has 2 unspecified atom stereocenters. The van der Waals surface area contributed by atoms with E-state index in [9.17, 15) is 20.3 Å². The molecule has 0 saturated carbocycles. The van der Waals surface area contributed by atoms with Crippen molar-refractivity contribution >= 4 is 17.3 Å². The highest BCUT2D eigenvalue weighted by Crippen LogP contribution is 2.20. The van der Waals surface area contributed by atoms with Crippen LogP contribution in [0.4, 0.5) is 5.69 Å². The number of halogens is 1. The molecule has 0 amide bonds. The molecule has 2 N–H and O–H groups in total. The van der Waals surface area contributed by atoms with Gasteiger partial charge in [0.15, 0.2) is 0 Å². The number of aliphatic hydroxyl groups is 2. The highest BCUT2D eigenvalue weighted by Gasteiger charge is 2.17. The van der Waals surface area contributed by atoms with Crippen LogP contribution in [0.15, 0.2) is 24.3 Å². The zero-order valence-corrected chi connectivity index (χ0v) is 8.46. The van der Waals surface area contributed by atoms with E-state index in [1.165, 1.54) is 24.3 Å². The lowest BCUT2D eigenvalue weighted by Crippen LogP contribution is -2.19. The lowest BCUT2D eigenvalue weighted by molar-refractivity contribution is -0.384. The number of hydrogen-bond donors (Lipinski definition) is 2. The molecule has 1 aromatic carbocycles. The van der Waals surface area contributed by atoms with Gasteiger partial charge in [0.05, 0.1) is 16.9 Å². The lowest BCUT2D eigenvalue weighted by atomic mass is 10.1. The minimum absolute atomic E-state index is 0.0636. The highest BCUT2D eigenvalue weighted by molar-refractivity contribution is 6.18. The Kier molecular flexibility index (Phi) is 4.02. The third-order valence-corrected chi connectivity index (χ3v) is 2.28. The molecule has 15 heavy (non-hydrogen) atoms. The zero-order valence-electron chi connectivity index (χ0n) is 7.71. The number of hydrogen-bond acceptors (Lipinski definition) is 4. The van der Waals surface area contributed by atoms with Crippen LogP contribution in [0.5, 0.6) is 0 Å². The topological polar surface area (TPSA) is 83.6 Å². The Morgan fingerprint density at radius 2 is 1.87 bits per heavy atom. The number of non-ortho nitro benzene ring substituents is 1. The van der Waals surface area contributed by atoms with Gasteiger partial charge in [-0.1, -0.05) is 0 Å². The summed E-state index contributed by atoms with van der Waals surface area (Å²) in [5.41, 5.74) is 0.333. The number of nitrogens with zero attached hydrogens (tertiary/aromatic N) is 1. The Hall–Kier alpha value is -1.17. The number of rotatable bonds is 4. The highest BCUT2D eigenvalue weighted by atomic mass is 35.5. The van der Waals surface area contributed by atoms with Crippen molar-refractivity contribution in [2.45, 2.75) is 12.2 Å². The Morgan fingerprint density at radius 1 is 1.33 bits per heavy atom. The maximum Gasteiger partial charge on any atom is 0.269 e. The summed E-state index contributed by atoms with van der Waals surface area (Å²) >= 11 is 5.36. The van der Waals surface area contributed by atoms with E-state index in [1.807, 2.05) is 0 Å². The largest absolute Gasteiger partial charge is 0.389 e. The van der Waals surface area contributed by atoms with Gasteiger partial charge in [0.25, 0.3) is 5.69 Å². The van der Waals surface area contributed by atoms with Gasteiger partial charge in [-0.05, 0) is 17.7 Å². The van der Waals surface area contributed by atoms with Crippen molar-refractivity contribution in [3.8, 4) is 0 Å². The quantitative estimate of drug-likeness (QED) is 0.464. The molecule has 0 radical (unpaired) electrons. The van der Waals surface area contributed by atoms with E-state index in [2.05, 4.69) is 0 Å². The van der Waals surface area contributed by atoms with Crippen LogP contribution in [-0.4, -0.2) is 27.1 Å². The maximum absolute atomic E-state index is 10.3. The van der Waals surface area contributed by atoms with Crippen LogP contribution in [0.2, 0.25) is 0 Å². The molecule has 82 valence electrons. The molecule has 0 saturated heterocycles. The fraction of sp³-hybridized carbons (Fsp3) is 0.333. The van der Waals surface area contributed by atoms with E-state index >= 15 is 0 Å². The van der Waals surface area contributed by atoms with Crippen molar-refractivity contribution in [3.63, 3.8) is 0 Å². The van der Waals surface area contributed by atoms with Gasteiger partial charge in [0.1, 0.15) is 6.10 Å². The molecule has 1 rings (SSSR count). The minimum Gasteiger partial charge on any atom is -0.389 e. The number of nitro groups is 1. The average Bonchev–Trinajstić information content (AvgIpc) is 2.27. The normalized spacial score (nSPS) is 14.6. The standard InChI is InChI=1S/C9H10ClNO4/c10-5-8(12)9(13)6-1-3-7(4-2-6)11(14)15/h1-4,8-9,12-13H,5H2. The van der Waals surface area contributed by atoms with Crippen molar-refractivity contribution in [2.24, 2.45) is 0 Å². The first-order valence-electron chi connectivity index (χ1n) is 4.22. The Labute approximate surface area is 91.1 Å². The van der Waals surface area contributed by atoms with Crippen molar-refractivity contribution in [3.05, 3.63) is 39.9 Å². The summed E-state index contributed by atoms with van der Waals surface area (Å²) in [6.07, 6.45) is -2.20. The van der Waals surface area contributed by atoms with Crippen LogP contribution >= 0.6 is 11.6 Å². The van der Waals surface area contributed by atoms with E-state index < -0.39 is 17.1 Å². The fourth-order valence-electron chi connectivity index (χ4n) is 1.10. The first kappa shape index (κ1) is 11.9. The number of alkyl halides is 1. The maximum atomic E-state index is 10.3. The zero-order chi connectivity index (χ0) is 11.4. The summed E-state index contributed by atoms with van der Waals surface area (Å²) in [4.78, 5) is 9.81. The van der Waals surface area contributed by atoms with Gasteiger partial charge >= 0.3 is 0 Å². The van der Waals surface area contributed by atoms with E-state index in [0.717, 1.165) is 0 Å². The predicted molar refractivity (Wildman–Crippen MR) is 54.8 cm³/mol. The third kappa shape index (κ3) is 2.89. The van der Waals surface area contributed by atoms with Crippen LogP contribution in [0, 0.1) is 10.1 Å². The molecule has 0 spiro atoms. The molecule has 5 nitrogen and oxygen atoms in total. The van der Waals surface area contributed by atoms with Crippen LogP contribution < -0.4 is 0 Å². The van der Waals surface area contributed by atoms with Crippen molar-refractivity contribution < 1.29 is 15.1 Å². The van der Waals surface area contributed by atoms with Crippen LogP contribution in [0.25, 0.3) is 0 Å². The molecule has 0 bridgehead atoms. The van der Waals surface area contributed by atoms with Gasteiger partial charge in [0.2, 0.25) is 0 Å². The van der Waals surface area contributed by atoms with Crippen molar-refractivity contribution in [2.75, 3.05) is 5.88 Å². The summed E-state index contributed by atoms with van der Waals surface area (Å²) in [5, 5.41) is 29.1. The second-order valence-electron chi connectivity index (χ2n) is 3.02. The summed E-state index contributed by atoms with van der Waals surface area (Å²) < 4.78 is 0. The number of aliphatic hydroxyl groups excluding tert-OH is 2. The van der Waals surface area contributed by atoms with Crippen LogP contribution in [0.1, 0.15) is 11.7 Å². The summed E-state index contributed by atoms with van der Waals surface area (Å²) in [6.45, 7) is 0. The Morgan fingerprint density at radius 3 is 2.27 bits per heavy atom. The van der Waals surface area contributed by atoms with Crippen molar-refractivity contribution in [1.82, 2.24) is 0 Å². The minimum atomic E-state index is -1.12. The molecule has 0 aliphatic heterocycles. The van der Waals surface area contributed by atoms with Crippen LogP contribution in [-0.2, 0) is 0 Å². The molecule has 0 fully saturated rings. The van der Waals surface area contributed by atoms with Gasteiger partial charge in [-0.15, -0.1) is 11.6 Å². The monoisotopic (exact) mass is 231 g/mol. The van der Waals surface area contributed by atoms with Gasteiger partial charge in [-0.3, -0.25) is 10.1 Å². The first-order chi connectivity index (χ1) is 7.06. The molecule has 0 aliphatic carbocycles. The van der Waals surface area contributed by atoms with Crippen molar-refractivity contribution in [1.29, 1.82) is 0 Å². The molecule has 0 aromatic heterocycles. The summed E-state index contributed by atoms with van der Waals surface area (Å²) in [5.74, 6) is -0.0991. The fourth-order valence-corrected chi connectivity index (χ4v) is 1.27. The van der Waals surface area contributed by atoms with E-state index in [1.54, 1.807) is 0 Å². The molecular formula is C9H10ClNO4. The SMILES string of the molecule is O=[N+]([O-])c1ccc(C(O)C(O)CCl)cc1. The molecule has 0 heterocycles. The Balaban J connectivity index is 2.84. The molecule has 6 heteroatoms. The average molecular weight is 232 g/mol. The summed E-state index contributed by atoms with van der Waals surface area (Å²) in [7, 11) is 0. The van der Waals surface area contributed by atoms with E-state index in [0.29, 0.717) is 5.56 Å². The lowest BCUT2D eigenvalue weighted by Gasteiger charge is -2.15.